The number of aromatic nitrogens is 1. The Balaban J connectivity index is 1.58. The van der Waals surface area contributed by atoms with Crippen molar-refractivity contribution in [2.45, 2.75) is 39.7 Å². The summed E-state index contributed by atoms with van der Waals surface area (Å²) in [6, 6.07) is 17.9. The summed E-state index contributed by atoms with van der Waals surface area (Å²) in [5.74, 6) is 0.553. The summed E-state index contributed by atoms with van der Waals surface area (Å²) in [6.45, 7) is 8.91. The summed E-state index contributed by atoms with van der Waals surface area (Å²) >= 11 is 0. The average molecular weight is 362 g/mol. The molecule has 0 aliphatic carbocycles. The molecule has 1 aromatic heterocycles. The van der Waals surface area contributed by atoms with Crippen LogP contribution in [0.15, 0.2) is 54.6 Å². The van der Waals surface area contributed by atoms with E-state index >= 15 is 0 Å². The largest absolute Gasteiger partial charge is 0.484 e. The Morgan fingerprint density at radius 3 is 2.48 bits per heavy atom. The van der Waals surface area contributed by atoms with Gasteiger partial charge >= 0.3 is 0 Å². The van der Waals surface area contributed by atoms with Gasteiger partial charge in [0, 0.05) is 17.6 Å². The zero-order valence-electron chi connectivity index (χ0n) is 16.4. The number of hydrogen-bond donors (Lipinski definition) is 1. The lowest BCUT2D eigenvalue weighted by Gasteiger charge is -2.19. The number of carbonyl (C=O) groups excluding carboxylic acids is 1. The molecular formula is C23H26N2O2. The van der Waals surface area contributed by atoms with Crippen LogP contribution in [0.1, 0.15) is 37.6 Å². The second kappa shape index (κ2) is 7.78. The van der Waals surface area contributed by atoms with E-state index in [0.29, 0.717) is 12.3 Å². The number of hydrogen-bond acceptors (Lipinski definition) is 3. The fraction of sp³-hybridized carbons (Fsp3) is 0.304. The predicted octanol–water partition coefficient (Wildman–Crippen LogP) is 4.54. The minimum Gasteiger partial charge on any atom is -0.484 e. The van der Waals surface area contributed by atoms with Crippen LogP contribution in [0.25, 0.3) is 10.9 Å². The van der Waals surface area contributed by atoms with Crippen LogP contribution in [-0.4, -0.2) is 17.5 Å². The molecule has 0 unspecified atom stereocenters. The highest BCUT2D eigenvalue weighted by Gasteiger charge is 2.13. The third-order valence-electron chi connectivity index (χ3n) is 4.50. The monoisotopic (exact) mass is 362 g/mol. The van der Waals surface area contributed by atoms with E-state index < -0.39 is 0 Å². The smallest absolute Gasteiger partial charge is 0.258 e. The van der Waals surface area contributed by atoms with Crippen molar-refractivity contribution in [2.24, 2.45) is 0 Å². The molecule has 0 spiro atoms. The van der Waals surface area contributed by atoms with Crippen LogP contribution in [0.5, 0.6) is 5.75 Å². The Bertz CT molecular complexity index is 941. The standard InChI is InChI=1S/C23H26N2O2/c1-16-13-17(20-7-5-6-8-21(20)25-16)14-24-22(26)15-27-19-11-9-18(10-12-19)23(2,3)4/h5-13H,14-15H2,1-4H3,(H,24,26). The molecule has 0 saturated carbocycles. The first-order valence-corrected chi connectivity index (χ1v) is 9.18. The highest BCUT2D eigenvalue weighted by atomic mass is 16.5. The molecule has 1 amide bonds. The number of fused-ring (bicyclic) bond motifs is 1. The molecule has 0 saturated heterocycles. The minimum atomic E-state index is -0.145. The summed E-state index contributed by atoms with van der Waals surface area (Å²) in [4.78, 5) is 16.7. The van der Waals surface area contributed by atoms with Gasteiger partial charge in [0.2, 0.25) is 0 Å². The molecule has 2 aromatic carbocycles. The van der Waals surface area contributed by atoms with Crippen molar-refractivity contribution in [1.82, 2.24) is 10.3 Å². The summed E-state index contributed by atoms with van der Waals surface area (Å²) in [7, 11) is 0. The lowest BCUT2D eigenvalue weighted by molar-refractivity contribution is -0.123. The fourth-order valence-electron chi connectivity index (χ4n) is 2.99. The highest BCUT2D eigenvalue weighted by Crippen LogP contribution is 2.24. The van der Waals surface area contributed by atoms with Crippen LogP contribution in [0.3, 0.4) is 0 Å². The number of benzene rings is 2. The van der Waals surface area contributed by atoms with E-state index in [-0.39, 0.29) is 17.9 Å². The summed E-state index contributed by atoms with van der Waals surface area (Å²) in [5.41, 5.74) is 4.27. The first-order valence-electron chi connectivity index (χ1n) is 9.18. The van der Waals surface area contributed by atoms with Gasteiger partial charge in [-0.05, 0) is 47.7 Å². The molecule has 3 rings (SSSR count). The molecule has 3 aromatic rings. The average Bonchev–Trinajstić information content (AvgIpc) is 2.64. The van der Waals surface area contributed by atoms with Gasteiger partial charge in [-0.1, -0.05) is 51.1 Å². The Morgan fingerprint density at radius 2 is 1.78 bits per heavy atom. The SMILES string of the molecule is Cc1cc(CNC(=O)COc2ccc(C(C)(C)C)cc2)c2ccccc2n1. The van der Waals surface area contributed by atoms with Crippen molar-refractivity contribution >= 4 is 16.8 Å². The third-order valence-corrected chi connectivity index (χ3v) is 4.50. The first kappa shape index (κ1) is 18.9. The molecule has 4 heteroatoms. The van der Waals surface area contributed by atoms with Gasteiger partial charge in [0.25, 0.3) is 5.91 Å². The molecule has 4 nitrogen and oxygen atoms in total. The van der Waals surface area contributed by atoms with Gasteiger partial charge in [-0.2, -0.15) is 0 Å². The van der Waals surface area contributed by atoms with E-state index in [1.54, 1.807) is 0 Å². The number of pyridine rings is 1. The Labute approximate surface area is 160 Å². The van der Waals surface area contributed by atoms with E-state index in [0.717, 1.165) is 22.2 Å². The summed E-state index contributed by atoms with van der Waals surface area (Å²) < 4.78 is 5.61. The van der Waals surface area contributed by atoms with Crippen LogP contribution in [0.2, 0.25) is 0 Å². The molecule has 0 atom stereocenters. The second-order valence-electron chi connectivity index (χ2n) is 7.78. The Kier molecular flexibility index (Phi) is 5.45. The van der Waals surface area contributed by atoms with E-state index in [2.05, 4.69) is 31.1 Å². The van der Waals surface area contributed by atoms with Gasteiger partial charge in [-0.3, -0.25) is 9.78 Å². The Morgan fingerprint density at radius 1 is 1.07 bits per heavy atom. The van der Waals surface area contributed by atoms with Crippen LogP contribution >= 0.6 is 0 Å². The molecule has 0 bridgehead atoms. The van der Waals surface area contributed by atoms with Gasteiger partial charge in [-0.15, -0.1) is 0 Å². The maximum Gasteiger partial charge on any atom is 0.258 e. The number of ether oxygens (including phenoxy) is 1. The molecule has 0 aliphatic heterocycles. The van der Waals surface area contributed by atoms with E-state index in [1.807, 2.05) is 61.5 Å². The lowest BCUT2D eigenvalue weighted by atomic mass is 9.87. The first-order chi connectivity index (χ1) is 12.8. The van der Waals surface area contributed by atoms with Crippen LogP contribution in [0.4, 0.5) is 0 Å². The second-order valence-corrected chi connectivity index (χ2v) is 7.78. The zero-order chi connectivity index (χ0) is 19.4. The number of aryl methyl sites for hydroxylation is 1. The third kappa shape index (κ3) is 4.85. The van der Waals surface area contributed by atoms with E-state index in [1.165, 1.54) is 5.56 Å². The van der Waals surface area contributed by atoms with Gasteiger partial charge in [0.1, 0.15) is 5.75 Å². The molecule has 0 aliphatic rings. The molecule has 1 N–H and O–H groups in total. The van der Waals surface area contributed by atoms with Crippen molar-refractivity contribution in [1.29, 1.82) is 0 Å². The topological polar surface area (TPSA) is 51.2 Å². The number of nitrogens with one attached hydrogen (secondary N) is 1. The molecule has 1 heterocycles. The lowest BCUT2D eigenvalue weighted by Crippen LogP contribution is -2.28. The molecule has 0 radical (unpaired) electrons. The van der Waals surface area contributed by atoms with Gasteiger partial charge in [-0.25, -0.2) is 0 Å². The van der Waals surface area contributed by atoms with E-state index in [9.17, 15) is 4.79 Å². The molecule has 27 heavy (non-hydrogen) atoms. The maximum absolute atomic E-state index is 12.2. The van der Waals surface area contributed by atoms with Gasteiger partial charge in [0.05, 0.1) is 5.52 Å². The molecular weight excluding hydrogens is 336 g/mol. The van der Waals surface area contributed by atoms with Crippen LogP contribution < -0.4 is 10.1 Å². The number of rotatable bonds is 5. The van der Waals surface area contributed by atoms with Crippen LogP contribution in [0, 0.1) is 6.92 Å². The van der Waals surface area contributed by atoms with Gasteiger partial charge < -0.3 is 10.1 Å². The van der Waals surface area contributed by atoms with Crippen molar-refractivity contribution < 1.29 is 9.53 Å². The fourth-order valence-corrected chi connectivity index (χ4v) is 2.99. The van der Waals surface area contributed by atoms with Crippen molar-refractivity contribution in [3.63, 3.8) is 0 Å². The van der Waals surface area contributed by atoms with Crippen molar-refractivity contribution in [3.05, 3.63) is 71.4 Å². The quantitative estimate of drug-likeness (QED) is 0.725. The van der Waals surface area contributed by atoms with Crippen LogP contribution in [-0.2, 0) is 16.8 Å². The van der Waals surface area contributed by atoms with Gasteiger partial charge in [0.15, 0.2) is 6.61 Å². The molecule has 140 valence electrons. The van der Waals surface area contributed by atoms with E-state index in [4.69, 9.17) is 4.74 Å². The number of carbonyl (C=O) groups is 1. The normalized spacial score (nSPS) is 11.4. The predicted molar refractivity (Wildman–Crippen MR) is 109 cm³/mol. The highest BCUT2D eigenvalue weighted by molar-refractivity contribution is 5.83. The number of amides is 1. The molecule has 0 fully saturated rings. The van der Waals surface area contributed by atoms with Crippen molar-refractivity contribution in [3.8, 4) is 5.75 Å². The minimum absolute atomic E-state index is 0.00311. The Hall–Kier alpha value is -2.88. The maximum atomic E-state index is 12.2. The van der Waals surface area contributed by atoms with Crippen molar-refractivity contribution in [2.75, 3.05) is 6.61 Å². The summed E-state index contributed by atoms with van der Waals surface area (Å²) in [5, 5.41) is 3.99. The number of para-hydroxylation sites is 1. The zero-order valence-corrected chi connectivity index (χ0v) is 16.4. The number of nitrogens with zero attached hydrogens (tertiary/aromatic N) is 1. The summed E-state index contributed by atoms with van der Waals surface area (Å²) in [6.07, 6.45) is 0.